The highest BCUT2D eigenvalue weighted by Gasteiger charge is 2.37. The molecule has 1 aromatic carbocycles. The number of aromatic hydroxyl groups is 1. The Hall–Kier alpha value is -1.55. The zero-order chi connectivity index (χ0) is 13.7. The Morgan fingerprint density at radius 3 is 2.53 bits per heavy atom. The second-order valence-corrected chi connectivity index (χ2v) is 5.40. The fraction of sp³-hybridized carbons (Fsp3) is 0.533. The summed E-state index contributed by atoms with van der Waals surface area (Å²) in [5.74, 6) is 0.142. The first-order valence-corrected chi connectivity index (χ1v) is 6.97. The van der Waals surface area contributed by atoms with Crippen molar-refractivity contribution in [1.82, 2.24) is 0 Å². The summed E-state index contributed by atoms with van der Waals surface area (Å²) in [4.78, 5) is 12.5. The van der Waals surface area contributed by atoms with E-state index in [-0.39, 0.29) is 11.7 Å². The van der Waals surface area contributed by atoms with Gasteiger partial charge in [-0.3, -0.25) is 4.79 Å². The number of benzene rings is 1. The van der Waals surface area contributed by atoms with Gasteiger partial charge in [0.2, 0.25) is 5.91 Å². The third-order valence-corrected chi connectivity index (χ3v) is 4.04. The summed E-state index contributed by atoms with van der Waals surface area (Å²) in [5, 5.41) is 12.3. The van der Waals surface area contributed by atoms with Crippen molar-refractivity contribution in [1.29, 1.82) is 0 Å². The monoisotopic (exact) mass is 262 g/mol. The minimum atomic E-state index is -0.442. The minimum absolute atomic E-state index is 0.0116. The molecule has 4 nitrogen and oxygen atoms in total. The van der Waals surface area contributed by atoms with Gasteiger partial charge in [-0.25, -0.2) is 0 Å². The number of carbonyl (C=O) groups excluding carboxylic acids is 1. The van der Waals surface area contributed by atoms with Gasteiger partial charge < -0.3 is 16.2 Å². The Labute approximate surface area is 114 Å². The van der Waals surface area contributed by atoms with Gasteiger partial charge in [0.1, 0.15) is 5.75 Å². The summed E-state index contributed by atoms with van der Waals surface area (Å²) in [6, 6.07) is 6.63. The number of phenols is 1. The third-order valence-electron chi connectivity index (χ3n) is 4.04. The van der Waals surface area contributed by atoms with Crippen LogP contribution in [-0.4, -0.2) is 17.6 Å². The fourth-order valence-corrected chi connectivity index (χ4v) is 2.78. The highest BCUT2D eigenvalue weighted by Crippen LogP contribution is 2.35. The molecule has 0 saturated heterocycles. The largest absolute Gasteiger partial charge is 0.508 e. The van der Waals surface area contributed by atoms with E-state index >= 15 is 0 Å². The topological polar surface area (TPSA) is 75.4 Å². The van der Waals surface area contributed by atoms with E-state index in [0.29, 0.717) is 12.2 Å². The summed E-state index contributed by atoms with van der Waals surface area (Å²) in [5.41, 5.74) is 6.07. The van der Waals surface area contributed by atoms with Crippen LogP contribution in [0.1, 0.15) is 38.5 Å². The standard InChI is InChI=1S/C15H22N2O2/c16-11-15(8-3-1-2-4-9-15)14(19)17-12-6-5-7-13(18)10-12/h5-7,10,18H,1-4,8-9,11,16H2,(H,17,19). The SMILES string of the molecule is NCC1(C(=O)Nc2cccc(O)c2)CCCCCC1. The van der Waals surface area contributed by atoms with E-state index in [0.717, 1.165) is 25.7 Å². The van der Waals surface area contributed by atoms with Crippen molar-refractivity contribution < 1.29 is 9.90 Å². The predicted octanol–water partition coefficient (Wildman–Crippen LogP) is 2.63. The number of carbonyl (C=O) groups is 1. The number of nitrogens with one attached hydrogen (secondary N) is 1. The Bertz CT molecular complexity index is 438. The minimum Gasteiger partial charge on any atom is -0.508 e. The van der Waals surface area contributed by atoms with Crippen LogP contribution in [0.5, 0.6) is 5.75 Å². The van der Waals surface area contributed by atoms with Gasteiger partial charge >= 0.3 is 0 Å². The van der Waals surface area contributed by atoms with Gasteiger partial charge in [-0.05, 0) is 25.0 Å². The van der Waals surface area contributed by atoms with Crippen LogP contribution in [0.15, 0.2) is 24.3 Å². The zero-order valence-electron chi connectivity index (χ0n) is 11.2. The summed E-state index contributed by atoms with van der Waals surface area (Å²) in [6.07, 6.45) is 6.19. The molecule has 0 unspecified atom stereocenters. The summed E-state index contributed by atoms with van der Waals surface area (Å²) < 4.78 is 0. The first-order chi connectivity index (χ1) is 9.16. The predicted molar refractivity (Wildman–Crippen MR) is 75.9 cm³/mol. The fourth-order valence-electron chi connectivity index (χ4n) is 2.78. The maximum absolute atomic E-state index is 12.5. The Morgan fingerprint density at radius 2 is 1.95 bits per heavy atom. The van der Waals surface area contributed by atoms with Crippen molar-refractivity contribution in [3.63, 3.8) is 0 Å². The van der Waals surface area contributed by atoms with Gasteiger partial charge in [0.05, 0.1) is 5.41 Å². The molecule has 4 heteroatoms. The van der Waals surface area contributed by atoms with Gasteiger partial charge in [-0.15, -0.1) is 0 Å². The van der Waals surface area contributed by atoms with Crippen LogP contribution in [0, 0.1) is 5.41 Å². The maximum Gasteiger partial charge on any atom is 0.231 e. The van der Waals surface area contributed by atoms with Crippen molar-refractivity contribution in [3.05, 3.63) is 24.3 Å². The number of rotatable bonds is 3. The van der Waals surface area contributed by atoms with Gasteiger partial charge in [0.15, 0.2) is 0 Å². The summed E-state index contributed by atoms with van der Waals surface area (Å²) in [7, 11) is 0. The molecule has 0 radical (unpaired) electrons. The number of hydrogen-bond donors (Lipinski definition) is 3. The van der Waals surface area contributed by atoms with Gasteiger partial charge in [0, 0.05) is 18.3 Å². The van der Waals surface area contributed by atoms with Crippen molar-refractivity contribution in [3.8, 4) is 5.75 Å². The molecule has 19 heavy (non-hydrogen) atoms. The maximum atomic E-state index is 12.5. The molecular weight excluding hydrogens is 240 g/mol. The van der Waals surface area contributed by atoms with E-state index in [2.05, 4.69) is 5.32 Å². The Balaban J connectivity index is 2.12. The molecule has 0 aromatic heterocycles. The molecule has 104 valence electrons. The molecule has 0 bridgehead atoms. The zero-order valence-corrected chi connectivity index (χ0v) is 11.2. The second-order valence-electron chi connectivity index (χ2n) is 5.40. The van der Waals surface area contributed by atoms with Crippen LogP contribution in [0.3, 0.4) is 0 Å². The first kappa shape index (κ1) is 13.9. The second kappa shape index (κ2) is 6.06. The Kier molecular flexibility index (Phi) is 4.43. The smallest absolute Gasteiger partial charge is 0.231 e. The van der Waals surface area contributed by atoms with Gasteiger partial charge in [-0.2, -0.15) is 0 Å². The van der Waals surface area contributed by atoms with Crippen LogP contribution >= 0.6 is 0 Å². The lowest BCUT2D eigenvalue weighted by Crippen LogP contribution is -2.42. The third kappa shape index (κ3) is 3.26. The lowest BCUT2D eigenvalue weighted by Gasteiger charge is -2.29. The van der Waals surface area contributed by atoms with Crippen molar-refractivity contribution in [2.45, 2.75) is 38.5 Å². The van der Waals surface area contributed by atoms with E-state index < -0.39 is 5.41 Å². The molecule has 0 heterocycles. The van der Waals surface area contributed by atoms with E-state index in [4.69, 9.17) is 5.73 Å². The molecule has 1 fully saturated rings. The normalized spacial score (nSPS) is 18.6. The van der Waals surface area contributed by atoms with E-state index in [1.165, 1.54) is 12.8 Å². The Morgan fingerprint density at radius 1 is 1.26 bits per heavy atom. The van der Waals surface area contributed by atoms with Crippen molar-refractivity contribution >= 4 is 11.6 Å². The lowest BCUT2D eigenvalue weighted by atomic mass is 9.79. The number of amides is 1. The molecular formula is C15H22N2O2. The summed E-state index contributed by atoms with van der Waals surface area (Å²) >= 11 is 0. The molecule has 4 N–H and O–H groups in total. The molecule has 1 aromatic rings. The average Bonchev–Trinajstić information content (AvgIpc) is 2.65. The van der Waals surface area contributed by atoms with Crippen molar-refractivity contribution in [2.75, 3.05) is 11.9 Å². The quantitative estimate of drug-likeness (QED) is 0.733. The molecule has 0 atom stereocenters. The number of anilines is 1. The van der Waals surface area contributed by atoms with Crippen molar-refractivity contribution in [2.24, 2.45) is 11.1 Å². The molecule has 1 amide bonds. The molecule has 0 spiro atoms. The number of nitrogens with two attached hydrogens (primary N) is 1. The van der Waals surface area contributed by atoms with Crippen LogP contribution < -0.4 is 11.1 Å². The van der Waals surface area contributed by atoms with E-state index in [9.17, 15) is 9.90 Å². The lowest BCUT2D eigenvalue weighted by molar-refractivity contribution is -0.125. The molecule has 2 rings (SSSR count). The van der Waals surface area contributed by atoms with Crippen LogP contribution in [0.25, 0.3) is 0 Å². The van der Waals surface area contributed by atoms with Gasteiger partial charge in [-0.1, -0.05) is 31.7 Å². The molecule has 0 aliphatic heterocycles. The van der Waals surface area contributed by atoms with E-state index in [1.54, 1.807) is 24.3 Å². The van der Waals surface area contributed by atoms with Crippen LogP contribution in [0.4, 0.5) is 5.69 Å². The summed E-state index contributed by atoms with van der Waals surface area (Å²) in [6.45, 7) is 0.387. The highest BCUT2D eigenvalue weighted by atomic mass is 16.3. The van der Waals surface area contributed by atoms with E-state index in [1.807, 2.05) is 0 Å². The average molecular weight is 262 g/mol. The molecule has 1 aliphatic rings. The van der Waals surface area contributed by atoms with Crippen LogP contribution in [0.2, 0.25) is 0 Å². The number of phenolic OH excluding ortho intramolecular Hbond substituents is 1. The molecule has 1 aliphatic carbocycles. The molecule has 1 saturated carbocycles. The van der Waals surface area contributed by atoms with Crippen LogP contribution in [-0.2, 0) is 4.79 Å². The first-order valence-electron chi connectivity index (χ1n) is 6.97. The van der Waals surface area contributed by atoms with Gasteiger partial charge in [0.25, 0.3) is 0 Å². The number of hydrogen-bond acceptors (Lipinski definition) is 3. The highest BCUT2D eigenvalue weighted by molar-refractivity contribution is 5.95.